The molecule has 0 aromatic rings. The molecule has 0 radical (unpaired) electrons. The summed E-state index contributed by atoms with van der Waals surface area (Å²) in [6.45, 7) is 6.32. The number of esters is 2. The van der Waals surface area contributed by atoms with Crippen LogP contribution in [0.1, 0.15) is 13.3 Å². The van der Waals surface area contributed by atoms with Gasteiger partial charge in [0.1, 0.15) is 18.5 Å². The Labute approximate surface area is 111 Å². The summed E-state index contributed by atoms with van der Waals surface area (Å²) in [4.78, 5) is 23.0. The van der Waals surface area contributed by atoms with Gasteiger partial charge >= 0.3 is 11.9 Å². The molecular formula is C13H16O6. The SMILES string of the molecule is C=CC(=O)O/C(CC1CO1)=C(/C)C(=O)OCC1CO1. The maximum atomic E-state index is 11.8. The molecule has 0 aromatic heterocycles. The fraction of sp³-hybridized carbons (Fsp3) is 0.538. The van der Waals surface area contributed by atoms with Crippen LogP contribution in [0, 0.1) is 0 Å². The first-order valence-corrected chi connectivity index (χ1v) is 6.04. The molecule has 2 rings (SSSR count). The Bertz CT molecular complexity index is 417. The molecule has 0 saturated carbocycles. The van der Waals surface area contributed by atoms with E-state index in [4.69, 9.17) is 18.9 Å². The lowest BCUT2D eigenvalue weighted by Crippen LogP contribution is -2.15. The highest BCUT2D eigenvalue weighted by Gasteiger charge is 2.29. The number of carbonyl (C=O) groups is 2. The molecule has 2 fully saturated rings. The van der Waals surface area contributed by atoms with Crippen LogP contribution in [0.25, 0.3) is 0 Å². The fourth-order valence-electron chi connectivity index (χ4n) is 1.38. The molecular weight excluding hydrogens is 252 g/mol. The molecule has 2 saturated heterocycles. The van der Waals surface area contributed by atoms with Crippen molar-refractivity contribution >= 4 is 11.9 Å². The van der Waals surface area contributed by atoms with Gasteiger partial charge in [-0.3, -0.25) is 0 Å². The van der Waals surface area contributed by atoms with Crippen molar-refractivity contribution in [3.05, 3.63) is 24.0 Å². The second-order valence-electron chi connectivity index (χ2n) is 4.39. The summed E-state index contributed by atoms with van der Waals surface area (Å²) in [5.74, 6) is -0.842. The first kappa shape index (κ1) is 13.8. The summed E-state index contributed by atoms with van der Waals surface area (Å²) >= 11 is 0. The molecule has 2 heterocycles. The monoisotopic (exact) mass is 268 g/mol. The second kappa shape index (κ2) is 5.99. The van der Waals surface area contributed by atoms with Gasteiger partial charge in [-0.1, -0.05) is 6.58 Å². The Kier molecular flexibility index (Phi) is 4.34. The molecule has 6 nitrogen and oxygen atoms in total. The third-order valence-electron chi connectivity index (χ3n) is 2.73. The van der Waals surface area contributed by atoms with E-state index in [1.165, 1.54) is 0 Å². The van der Waals surface area contributed by atoms with Crippen LogP contribution in [0.15, 0.2) is 24.0 Å². The van der Waals surface area contributed by atoms with Crippen molar-refractivity contribution in [3.63, 3.8) is 0 Å². The summed E-state index contributed by atoms with van der Waals surface area (Å²) in [6, 6.07) is 0. The van der Waals surface area contributed by atoms with E-state index < -0.39 is 11.9 Å². The van der Waals surface area contributed by atoms with E-state index >= 15 is 0 Å². The maximum absolute atomic E-state index is 11.8. The Hall–Kier alpha value is -1.66. The van der Waals surface area contributed by atoms with Crippen LogP contribution in [0.4, 0.5) is 0 Å². The standard InChI is InChI=1S/C13H16O6/c1-3-12(14)19-11(4-9-5-16-9)8(2)13(15)18-7-10-6-17-10/h3,9-10H,1,4-7H2,2H3/b11-8-. The van der Waals surface area contributed by atoms with E-state index in [9.17, 15) is 9.59 Å². The molecule has 2 aliphatic rings. The minimum Gasteiger partial charge on any atom is -0.459 e. The average Bonchev–Trinajstić information content (AvgIpc) is 3.27. The fourth-order valence-corrected chi connectivity index (χ4v) is 1.38. The molecule has 104 valence electrons. The van der Waals surface area contributed by atoms with Crippen molar-refractivity contribution in [3.8, 4) is 0 Å². The van der Waals surface area contributed by atoms with Crippen LogP contribution in [0.2, 0.25) is 0 Å². The Morgan fingerprint density at radius 1 is 1.32 bits per heavy atom. The maximum Gasteiger partial charge on any atom is 0.337 e. The van der Waals surface area contributed by atoms with Crippen LogP contribution in [0.3, 0.4) is 0 Å². The van der Waals surface area contributed by atoms with Gasteiger partial charge in [-0.15, -0.1) is 0 Å². The lowest BCUT2D eigenvalue weighted by molar-refractivity contribution is -0.140. The second-order valence-corrected chi connectivity index (χ2v) is 4.39. The smallest absolute Gasteiger partial charge is 0.337 e. The van der Waals surface area contributed by atoms with Crippen molar-refractivity contribution in [2.75, 3.05) is 19.8 Å². The molecule has 0 spiro atoms. The molecule has 2 unspecified atom stereocenters. The van der Waals surface area contributed by atoms with E-state index in [2.05, 4.69) is 6.58 Å². The Morgan fingerprint density at radius 2 is 1.95 bits per heavy atom. The molecule has 0 aromatic carbocycles. The van der Waals surface area contributed by atoms with Gasteiger partial charge in [-0.25, -0.2) is 9.59 Å². The highest BCUT2D eigenvalue weighted by Crippen LogP contribution is 2.23. The molecule has 19 heavy (non-hydrogen) atoms. The van der Waals surface area contributed by atoms with Crippen LogP contribution in [-0.2, 0) is 28.5 Å². The lowest BCUT2D eigenvalue weighted by atomic mass is 10.2. The van der Waals surface area contributed by atoms with E-state index in [1.54, 1.807) is 6.92 Å². The lowest BCUT2D eigenvalue weighted by Gasteiger charge is -2.10. The van der Waals surface area contributed by atoms with Crippen LogP contribution >= 0.6 is 0 Å². The number of hydrogen-bond acceptors (Lipinski definition) is 6. The van der Waals surface area contributed by atoms with Crippen LogP contribution in [-0.4, -0.2) is 44.0 Å². The zero-order chi connectivity index (χ0) is 13.8. The van der Waals surface area contributed by atoms with Gasteiger partial charge in [0.15, 0.2) is 0 Å². The molecule has 2 atom stereocenters. The van der Waals surface area contributed by atoms with Crippen molar-refractivity contribution in [2.45, 2.75) is 25.6 Å². The Balaban J connectivity index is 1.97. The van der Waals surface area contributed by atoms with Gasteiger partial charge in [0.2, 0.25) is 0 Å². The number of ether oxygens (including phenoxy) is 4. The minimum absolute atomic E-state index is 0.00197. The molecule has 0 aliphatic carbocycles. The van der Waals surface area contributed by atoms with E-state index in [0.717, 1.165) is 6.08 Å². The van der Waals surface area contributed by atoms with Crippen LogP contribution < -0.4 is 0 Å². The summed E-state index contributed by atoms with van der Waals surface area (Å²) in [5.41, 5.74) is 0.270. The molecule has 0 bridgehead atoms. The van der Waals surface area contributed by atoms with Gasteiger partial charge in [-0.05, 0) is 6.92 Å². The average molecular weight is 268 g/mol. The third-order valence-corrected chi connectivity index (χ3v) is 2.73. The quantitative estimate of drug-likeness (QED) is 0.293. The molecule has 0 amide bonds. The van der Waals surface area contributed by atoms with Gasteiger partial charge in [0.25, 0.3) is 0 Å². The minimum atomic E-state index is -0.603. The third kappa shape index (κ3) is 4.50. The highest BCUT2D eigenvalue weighted by molar-refractivity contribution is 5.89. The van der Waals surface area contributed by atoms with Gasteiger partial charge in [0.05, 0.1) is 24.9 Å². The zero-order valence-electron chi connectivity index (χ0n) is 10.7. The first-order chi connectivity index (χ1) is 9.10. The normalized spacial score (nSPS) is 25.1. The Morgan fingerprint density at radius 3 is 2.47 bits per heavy atom. The topological polar surface area (TPSA) is 77.7 Å². The van der Waals surface area contributed by atoms with Gasteiger partial charge < -0.3 is 18.9 Å². The summed E-state index contributed by atoms with van der Waals surface area (Å²) in [6.07, 6.45) is 1.43. The summed E-state index contributed by atoms with van der Waals surface area (Å²) < 4.78 is 20.1. The highest BCUT2D eigenvalue weighted by atomic mass is 16.6. The summed E-state index contributed by atoms with van der Waals surface area (Å²) in [5, 5.41) is 0. The number of carbonyl (C=O) groups excluding carboxylic acids is 2. The zero-order valence-corrected chi connectivity index (χ0v) is 10.7. The van der Waals surface area contributed by atoms with E-state index in [-0.39, 0.29) is 30.1 Å². The summed E-state index contributed by atoms with van der Waals surface area (Å²) in [7, 11) is 0. The van der Waals surface area contributed by atoms with E-state index in [1.807, 2.05) is 0 Å². The van der Waals surface area contributed by atoms with Crippen molar-refractivity contribution in [1.29, 1.82) is 0 Å². The molecule has 6 heteroatoms. The van der Waals surface area contributed by atoms with Gasteiger partial charge in [0, 0.05) is 12.5 Å². The number of hydrogen-bond donors (Lipinski definition) is 0. The number of epoxide rings is 2. The van der Waals surface area contributed by atoms with Crippen LogP contribution in [0.5, 0.6) is 0 Å². The van der Waals surface area contributed by atoms with Crippen molar-refractivity contribution in [2.24, 2.45) is 0 Å². The number of rotatable bonds is 7. The molecule has 2 aliphatic heterocycles. The predicted octanol–water partition coefficient (Wildman–Crippen LogP) is 0.720. The van der Waals surface area contributed by atoms with Crippen molar-refractivity contribution < 1.29 is 28.5 Å². The first-order valence-electron chi connectivity index (χ1n) is 6.04. The largest absolute Gasteiger partial charge is 0.459 e. The molecule has 0 N–H and O–H groups in total. The predicted molar refractivity (Wildman–Crippen MR) is 64.0 cm³/mol. The van der Waals surface area contributed by atoms with Gasteiger partial charge in [-0.2, -0.15) is 0 Å². The van der Waals surface area contributed by atoms with Crippen molar-refractivity contribution in [1.82, 2.24) is 0 Å². The van der Waals surface area contributed by atoms with E-state index in [0.29, 0.717) is 19.6 Å².